The summed E-state index contributed by atoms with van der Waals surface area (Å²) in [5.41, 5.74) is 29.3. The summed E-state index contributed by atoms with van der Waals surface area (Å²) in [7, 11) is 2.25. The predicted molar refractivity (Wildman–Crippen MR) is 280 cm³/mol. The maximum atomic E-state index is 14.6. The summed E-state index contributed by atoms with van der Waals surface area (Å²) in [6.45, 7) is 1.68. The van der Waals surface area contributed by atoms with Crippen LogP contribution in [0.3, 0.4) is 0 Å². The van der Waals surface area contributed by atoms with E-state index in [1.165, 1.54) is 4.90 Å². The number of carbonyl (C=O) groups excluding carboxylic acids is 11. The molecule has 0 aromatic heterocycles. The van der Waals surface area contributed by atoms with E-state index in [9.17, 15) is 52.7 Å². The molecule has 408 valence electrons. The molecule has 25 nitrogen and oxygen atoms in total. The van der Waals surface area contributed by atoms with Gasteiger partial charge in [0.1, 0.15) is 42.3 Å². The molecule has 75 heavy (non-hydrogen) atoms. The van der Waals surface area contributed by atoms with Crippen LogP contribution < -0.4 is 65.9 Å². The molecule has 2 aromatic carbocycles. The number of unbranched alkanes of at least 4 members (excludes halogenated alkanes) is 1. The number of rotatable bonds is 20. The molecular weight excluding hydrogens is 1010 g/mol. The highest BCUT2D eigenvalue weighted by Gasteiger charge is 2.40. The Hall–Kier alpha value is -7.42. The van der Waals surface area contributed by atoms with Crippen molar-refractivity contribution in [2.24, 2.45) is 33.7 Å². The standard InChI is InChI=1S/C48H68N14O11S2/c1-27-12-14-29(15-13-27)23-32-43(69)59-33(22-28-8-3-2-4-9-28)44(70)57-31(16-17-37(49)63)42(68)60-34(24-38(50)64)45(71)61-35(26-75-74-21-18-40(66)56-32)47(73)62-20-7-11-36(62)46(72)58-30(41(67)55-25-39(51)65)10-5-6-19-54-48(52)53/h2-4,8-9,12-15,30-36H,5-7,10-11,16-26H2,1H3,(H2,49,63)(H2,50,64)(H2,51,65)(H,55,67)(H,56,66)(H,57,70)(H,58,72)(H,59,69)(H,60,68)(H,61,71)(H4,52,53,54)/t30-,31+,32+,33+,34+,35+,36+/m1/s1. The van der Waals surface area contributed by atoms with Crippen LogP contribution in [0.15, 0.2) is 59.6 Å². The van der Waals surface area contributed by atoms with Gasteiger partial charge in [-0.1, -0.05) is 81.7 Å². The van der Waals surface area contributed by atoms with Crippen LogP contribution in [-0.2, 0) is 65.6 Å². The molecule has 4 rings (SSSR count). The maximum absolute atomic E-state index is 14.6. The Morgan fingerprint density at radius 1 is 0.720 bits per heavy atom. The molecule has 11 amide bonds. The zero-order valence-corrected chi connectivity index (χ0v) is 43.3. The van der Waals surface area contributed by atoms with Gasteiger partial charge in [-0.3, -0.25) is 57.7 Å². The first-order valence-electron chi connectivity index (χ1n) is 24.3. The number of primary amides is 3. The number of benzene rings is 2. The highest BCUT2D eigenvalue weighted by Crippen LogP contribution is 2.26. The van der Waals surface area contributed by atoms with Gasteiger partial charge in [0.15, 0.2) is 5.96 Å². The third-order valence-corrected chi connectivity index (χ3v) is 14.3. The van der Waals surface area contributed by atoms with Crippen molar-refractivity contribution in [3.8, 4) is 0 Å². The Morgan fingerprint density at radius 2 is 1.33 bits per heavy atom. The van der Waals surface area contributed by atoms with Gasteiger partial charge in [0, 0.05) is 50.3 Å². The van der Waals surface area contributed by atoms with Crippen molar-refractivity contribution >= 4 is 92.5 Å². The number of hydrogen-bond acceptors (Lipinski definition) is 14. The molecule has 27 heteroatoms. The van der Waals surface area contributed by atoms with Crippen molar-refractivity contribution in [3.05, 3.63) is 71.3 Å². The first kappa shape index (κ1) is 60.1. The molecule has 2 aromatic rings. The van der Waals surface area contributed by atoms with Gasteiger partial charge in [0.25, 0.3) is 0 Å². The van der Waals surface area contributed by atoms with E-state index in [4.69, 9.17) is 28.7 Å². The van der Waals surface area contributed by atoms with E-state index in [-0.39, 0.29) is 62.7 Å². The van der Waals surface area contributed by atoms with Crippen molar-refractivity contribution in [1.29, 1.82) is 0 Å². The van der Waals surface area contributed by atoms with E-state index >= 15 is 0 Å². The molecule has 0 radical (unpaired) electrons. The van der Waals surface area contributed by atoms with Crippen LogP contribution >= 0.6 is 21.6 Å². The Bertz CT molecular complexity index is 2390. The summed E-state index contributed by atoms with van der Waals surface area (Å²) in [6.07, 6.45) is -0.390. The molecule has 0 saturated carbocycles. The second-order valence-electron chi connectivity index (χ2n) is 18.0. The van der Waals surface area contributed by atoms with E-state index in [0.717, 1.165) is 27.2 Å². The molecule has 17 N–H and O–H groups in total. The number of hydrogen-bond donors (Lipinski definition) is 12. The normalized spacial score (nSPS) is 21.6. The summed E-state index contributed by atoms with van der Waals surface area (Å²) in [5.74, 6) is -9.24. The zero-order valence-electron chi connectivity index (χ0n) is 41.6. The number of nitrogens with zero attached hydrogens (tertiary/aromatic N) is 2. The minimum atomic E-state index is -1.75. The smallest absolute Gasteiger partial charge is 0.246 e. The monoisotopic (exact) mass is 1080 g/mol. The van der Waals surface area contributed by atoms with Crippen molar-refractivity contribution < 1.29 is 52.7 Å². The number of carbonyl (C=O) groups is 11. The van der Waals surface area contributed by atoms with Gasteiger partial charge >= 0.3 is 0 Å². The van der Waals surface area contributed by atoms with Crippen molar-refractivity contribution in [2.45, 2.75) is 120 Å². The van der Waals surface area contributed by atoms with Gasteiger partial charge in [0.2, 0.25) is 65.0 Å². The topological polar surface area (TPSA) is 418 Å². The largest absolute Gasteiger partial charge is 0.370 e. The summed E-state index contributed by atoms with van der Waals surface area (Å²) < 4.78 is 0. The lowest BCUT2D eigenvalue weighted by molar-refractivity contribution is -0.142. The van der Waals surface area contributed by atoms with Crippen molar-refractivity contribution in [3.63, 3.8) is 0 Å². The lowest BCUT2D eigenvalue weighted by Gasteiger charge is -2.31. The maximum Gasteiger partial charge on any atom is 0.246 e. The number of likely N-dealkylation sites (tertiary alicyclic amines) is 1. The Morgan fingerprint density at radius 3 is 1.97 bits per heavy atom. The van der Waals surface area contributed by atoms with Gasteiger partial charge in [-0.05, 0) is 56.6 Å². The fourth-order valence-corrected chi connectivity index (χ4v) is 10.2. The van der Waals surface area contributed by atoms with E-state index < -0.39 is 133 Å². The number of nitrogens with two attached hydrogens (primary N) is 5. The van der Waals surface area contributed by atoms with Crippen LogP contribution in [0, 0.1) is 6.92 Å². The van der Waals surface area contributed by atoms with Crippen LogP contribution in [-0.4, -0.2) is 149 Å². The highest BCUT2D eigenvalue weighted by atomic mass is 33.1. The molecule has 2 saturated heterocycles. The molecule has 0 spiro atoms. The van der Waals surface area contributed by atoms with Gasteiger partial charge in [-0.2, -0.15) is 0 Å². The van der Waals surface area contributed by atoms with E-state index in [1.54, 1.807) is 42.5 Å². The Balaban J connectivity index is 1.68. The average molecular weight is 1080 g/mol. The fraction of sp³-hybridized carbons (Fsp3) is 0.500. The minimum absolute atomic E-state index is 0.0349. The number of guanidine groups is 1. The SMILES string of the molecule is Cc1ccc(C[C@@H]2NC(=O)CCSSC[C@@H](C(=O)N3CCC[C@H]3C(=O)N[C@H](CCCCN=C(N)N)C(=O)NCC(N)=O)NC(=O)[C@H](CC(N)=O)NC(=O)[C@H](CCC(N)=O)NC(=O)[C@H](Cc3ccccc3)NC2=O)cc1. The summed E-state index contributed by atoms with van der Waals surface area (Å²) in [6, 6.07) is 6.29. The highest BCUT2D eigenvalue weighted by molar-refractivity contribution is 8.76. The van der Waals surface area contributed by atoms with Crippen LogP contribution in [0.2, 0.25) is 0 Å². The van der Waals surface area contributed by atoms with Gasteiger partial charge < -0.3 is 70.8 Å². The fourth-order valence-electron chi connectivity index (χ4n) is 8.04. The van der Waals surface area contributed by atoms with E-state index in [1.807, 2.05) is 19.1 Å². The van der Waals surface area contributed by atoms with Gasteiger partial charge in [-0.15, -0.1) is 0 Å². The van der Waals surface area contributed by atoms with Crippen LogP contribution in [0.1, 0.15) is 74.5 Å². The Kier molecular flexibility index (Phi) is 24.6. The molecule has 0 unspecified atom stereocenters. The second kappa shape index (κ2) is 30.7. The molecule has 2 aliphatic rings. The molecule has 7 atom stereocenters. The lowest BCUT2D eigenvalue weighted by Crippen LogP contribution is -2.61. The van der Waals surface area contributed by atoms with Crippen LogP contribution in [0.25, 0.3) is 0 Å². The van der Waals surface area contributed by atoms with Crippen molar-refractivity contribution in [1.82, 2.24) is 42.1 Å². The predicted octanol–water partition coefficient (Wildman–Crippen LogP) is -3.35. The summed E-state index contributed by atoms with van der Waals surface area (Å²) in [4.78, 5) is 153. The first-order valence-corrected chi connectivity index (χ1v) is 26.8. The third-order valence-electron chi connectivity index (χ3n) is 11.9. The van der Waals surface area contributed by atoms with Gasteiger partial charge in [0.05, 0.1) is 13.0 Å². The molecule has 0 aliphatic carbocycles. The number of nitrogens with one attached hydrogen (secondary N) is 7. The summed E-state index contributed by atoms with van der Waals surface area (Å²) >= 11 is 0. The first-order chi connectivity index (χ1) is 35.7. The molecule has 2 heterocycles. The quantitative estimate of drug-likeness (QED) is 0.0267. The minimum Gasteiger partial charge on any atom is -0.370 e. The number of aryl methyl sites for hydroxylation is 1. The third kappa shape index (κ3) is 21.2. The van der Waals surface area contributed by atoms with E-state index in [2.05, 4.69) is 42.2 Å². The Labute approximate surface area is 441 Å². The van der Waals surface area contributed by atoms with Gasteiger partial charge in [-0.25, -0.2) is 0 Å². The number of amides is 11. The lowest BCUT2D eigenvalue weighted by atomic mass is 10.0. The average Bonchev–Trinajstić information content (AvgIpc) is 3.86. The van der Waals surface area contributed by atoms with Crippen LogP contribution in [0.5, 0.6) is 0 Å². The number of aliphatic imine (C=N–C) groups is 1. The summed E-state index contributed by atoms with van der Waals surface area (Å²) in [5, 5.41) is 18.2. The molecule has 2 fully saturated rings. The zero-order chi connectivity index (χ0) is 55.0. The molecule has 2 aliphatic heterocycles. The molecular formula is C48H68N14O11S2. The second-order valence-corrected chi connectivity index (χ2v) is 20.6. The molecule has 0 bridgehead atoms. The van der Waals surface area contributed by atoms with Crippen molar-refractivity contribution in [2.75, 3.05) is 31.1 Å². The van der Waals surface area contributed by atoms with E-state index in [0.29, 0.717) is 30.4 Å². The van der Waals surface area contributed by atoms with Crippen LogP contribution in [0.4, 0.5) is 0 Å².